The van der Waals surface area contributed by atoms with Gasteiger partial charge in [-0.3, -0.25) is 9.59 Å². The lowest BCUT2D eigenvalue weighted by molar-refractivity contribution is -0.127. The number of benzene rings is 2. The van der Waals surface area contributed by atoms with Gasteiger partial charge < -0.3 is 15.5 Å². The van der Waals surface area contributed by atoms with Crippen molar-refractivity contribution in [2.24, 2.45) is 0 Å². The molecule has 1 aliphatic heterocycles. The molecule has 0 spiro atoms. The van der Waals surface area contributed by atoms with E-state index in [4.69, 9.17) is 0 Å². The normalized spacial score (nSPS) is 16.4. The lowest BCUT2D eigenvalue weighted by Gasteiger charge is -2.18. The van der Waals surface area contributed by atoms with Gasteiger partial charge in [-0.2, -0.15) is 0 Å². The smallest absolute Gasteiger partial charge is 0.255 e. The van der Waals surface area contributed by atoms with Crippen molar-refractivity contribution in [1.82, 2.24) is 4.90 Å². The summed E-state index contributed by atoms with van der Waals surface area (Å²) in [5.74, 6) is -0.0667. The number of nitrogens with zero attached hydrogens (tertiary/aromatic N) is 1. The zero-order valence-electron chi connectivity index (χ0n) is 14.9. The Morgan fingerprint density at radius 3 is 2.65 bits per heavy atom. The van der Waals surface area contributed by atoms with E-state index in [1.807, 2.05) is 43.3 Å². The molecule has 2 aromatic rings. The summed E-state index contributed by atoms with van der Waals surface area (Å²) in [4.78, 5) is 26.6. The molecule has 1 aliphatic rings. The summed E-state index contributed by atoms with van der Waals surface area (Å²) >= 11 is 0. The van der Waals surface area contributed by atoms with Crippen molar-refractivity contribution in [3.63, 3.8) is 0 Å². The third-order valence-electron chi connectivity index (χ3n) is 4.59. The van der Waals surface area contributed by atoms with Gasteiger partial charge in [-0.15, -0.1) is 6.58 Å². The number of carbonyl (C=O) groups is 2. The summed E-state index contributed by atoms with van der Waals surface area (Å²) in [7, 11) is 0. The Morgan fingerprint density at radius 1 is 1.19 bits per heavy atom. The molecule has 0 aliphatic carbocycles. The van der Waals surface area contributed by atoms with Crippen LogP contribution in [0.1, 0.15) is 22.3 Å². The fourth-order valence-corrected chi connectivity index (χ4v) is 3.11. The van der Waals surface area contributed by atoms with E-state index in [-0.39, 0.29) is 17.9 Å². The second-order valence-corrected chi connectivity index (χ2v) is 6.36. The van der Waals surface area contributed by atoms with Crippen LogP contribution in [0.3, 0.4) is 0 Å². The number of likely N-dealkylation sites (tertiary alicyclic amines) is 1. The molecule has 1 heterocycles. The minimum absolute atomic E-state index is 0.0861. The zero-order chi connectivity index (χ0) is 18.5. The largest absolute Gasteiger partial charge is 0.373 e. The van der Waals surface area contributed by atoms with E-state index >= 15 is 0 Å². The first-order valence-electron chi connectivity index (χ1n) is 8.72. The van der Waals surface area contributed by atoms with Crippen molar-refractivity contribution in [3.05, 3.63) is 72.3 Å². The minimum Gasteiger partial charge on any atom is -0.373 e. The Kier molecular flexibility index (Phi) is 5.37. The number of carbonyl (C=O) groups excluding carboxylic acids is 2. The standard InChI is InChI=1S/C21H23N3O2/c1-3-13-24-14-12-19(21(24)26)22-17-10-7-11-18(15(17)2)23-20(25)16-8-5-4-6-9-16/h3-11,19,22H,1,12-14H2,2H3,(H,23,25). The lowest BCUT2D eigenvalue weighted by atomic mass is 10.1. The van der Waals surface area contributed by atoms with Crippen molar-refractivity contribution in [1.29, 1.82) is 0 Å². The van der Waals surface area contributed by atoms with E-state index in [0.29, 0.717) is 12.1 Å². The Bertz CT molecular complexity index is 817. The molecule has 1 saturated heterocycles. The quantitative estimate of drug-likeness (QED) is 0.785. The maximum Gasteiger partial charge on any atom is 0.255 e. The van der Waals surface area contributed by atoms with Crippen LogP contribution in [0.2, 0.25) is 0 Å². The van der Waals surface area contributed by atoms with Gasteiger partial charge in [0.05, 0.1) is 0 Å². The fraction of sp³-hybridized carbons (Fsp3) is 0.238. The Morgan fingerprint density at radius 2 is 1.92 bits per heavy atom. The molecular formula is C21H23N3O2. The average Bonchev–Trinajstić information content (AvgIpc) is 2.99. The number of nitrogens with one attached hydrogen (secondary N) is 2. The van der Waals surface area contributed by atoms with Crippen molar-refractivity contribution in [2.45, 2.75) is 19.4 Å². The molecule has 5 nitrogen and oxygen atoms in total. The molecule has 26 heavy (non-hydrogen) atoms. The highest BCUT2D eigenvalue weighted by atomic mass is 16.2. The first-order valence-corrected chi connectivity index (χ1v) is 8.72. The van der Waals surface area contributed by atoms with Gasteiger partial charge in [0, 0.05) is 30.0 Å². The topological polar surface area (TPSA) is 61.4 Å². The van der Waals surface area contributed by atoms with Gasteiger partial charge in [-0.25, -0.2) is 0 Å². The van der Waals surface area contributed by atoms with Crippen LogP contribution < -0.4 is 10.6 Å². The molecule has 1 atom stereocenters. The second kappa shape index (κ2) is 7.87. The molecule has 3 rings (SSSR count). The molecule has 0 bridgehead atoms. The SMILES string of the molecule is C=CCN1CCC(Nc2cccc(NC(=O)c3ccccc3)c2C)C1=O. The lowest BCUT2D eigenvalue weighted by Crippen LogP contribution is -2.33. The summed E-state index contributed by atoms with van der Waals surface area (Å²) in [5, 5.41) is 6.27. The molecule has 2 N–H and O–H groups in total. The summed E-state index contributed by atoms with van der Waals surface area (Å²) in [6.07, 6.45) is 2.50. The summed E-state index contributed by atoms with van der Waals surface area (Å²) in [5.41, 5.74) is 3.11. The maximum absolute atomic E-state index is 12.4. The highest BCUT2D eigenvalue weighted by Gasteiger charge is 2.30. The van der Waals surface area contributed by atoms with Gasteiger partial charge in [0.25, 0.3) is 5.91 Å². The van der Waals surface area contributed by atoms with Crippen LogP contribution >= 0.6 is 0 Å². The Hall–Kier alpha value is -3.08. The van der Waals surface area contributed by atoms with Gasteiger partial charge in [-0.1, -0.05) is 30.3 Å². The van der Waals surface area contributed by atoms with Crippen molar-refractivity contribution in [3.8, 4) is 0 Å². The second-order valence-electron chi connectivity index (χ2n) is 6.36. The summed E-state index contributed by atoms with van der Waals surface area (Å²) < 4.78 is 0. The number of amides is 2. The van der Waals surface area contributed by atoms with Crippen LogP contribution in [0.25, 0.3) is 0 Å². The van der Waals surface area contributed by atoms with Crippen LogP contribution in [0.4, 0.5) is 11.4 Å². The summed E-state index contributed by atoms with van der Waals surface area (Å²) in [6.45, 7) is 6.93. The number of anilines is 2. The van der Waals surface area contributed by atoms with Crippen LogP contribution in [0, 0.1) is 6.92 Å². The number of hydrogen-bond acceptors (Lipinski definition) is 3. The minimum atomic E-state index is -0.242. The number of hydrogen-bond donors (Lipinski definition) is 2. The predicted molar refractivity (Wildman–Crippen MR) is 104 cm³/mol. The van der Waals surface area contributed by atoms with Crippen LogP contribution in [0.5, 0.6) is 0 Å². The van der Waals surface area contributed by atoms with Gasteiger partial charge in [-0.05, 0) is 43.2 Å². The summed E-state index contributed by atoms with van der Waals surface area (Å²) in [6, 6.07) is 14.5. The Balaban J connectivity index is 1.72. The highest BCUT2D eigenvalue weighted by Crippen LogP contribution is 2.26. The average molecular weight is 349 g/mol. The van der Waals surface area contributed by atoms with Crippen LogP contribution in [-0.4, -0.2) is 35.8 Å². The predicted octanol–water partition coefficient (Wildman–Crippen LogP) is 3.45. The molecule has 1 fully saturated rings. The van der Waals surface area contributed by atoms with E-state index in [2.05, 4.69) is 17.2 Å². The third kappa shape index (κ3) is 3.77. The van der Waals surface area contributed by atoms with E-state index in [1.54, 1.807) is 23.1 Å². The van der Waals surface area contributed by atoms with Crippen molar-refractivity contribution in [2.75, 3.05) is 23.7 Å². The van der Waals surface area contributed by atoms with E-state index in [0.717, 1.165) is 29.9 Å². The van der Waals surface area contributed by atoms with Gasteiger partial charge >= 0.3 is 0 Å². The Labute approximate surface area is 153 Å². The van der Waals surface area contributed by atoms with Crippen molar-refractivity contribution >= 4 is 23.2 Å². The molecule has 0 aromatic heterocycles. The first-order chi connectivity index (χ1) is 12.6. The van der Waals surface area contributed by atoms with Gasteiger partial charge in [0.15, 0.2) is 0 Å². The first kappa shape index (κ1) is 17.7. The van der Waals surface area contributed by atoms with Gasteiger partial charge in [0.1, 0.15) is 6.04 Å². The molecule has 134 valence electrons. The van der Waals surface area contributed by atoms with E-state index < -0.39 is 0 Å². The van der Waals surface area contributed by atoms with Crippen LogP contribution in [-0.2, 0) is 4.79 Å². The monoisotopic (exact) mass is 349 g/mol. The maximum atomic E-state index is 12.4. The molecule has 2 amide bonds. The molecule has 0 saturated carbocycles. The van der Waals surface area contributed by atoms with E-state index in [1.165, 1.54) is 0 Å². The molecule has 2 aromatic carbocycles. The zero-order valence-corrected chi connectivity index (χ0v) is 14.9. The van der Waals surface area contributed by atoms with Gasteiger partial charge in [0.2, 0.25) is 5.91 Å². The fourth-order valence-electron chi connectivity index (χ4n) is 3.11. The third-order valence-corrected chi connectivity index (χ3v) is 4.59. The van der Waals surface area contributed by atoms with E-state index in [9.17, 15) is 9.59 Å². The van der Waals surface area contributed by atoms with Crippen molar-refractivity contribution < 1.29 is 9.59 Å². The molecule has 1 unspecified atom stereocenters. The van der Waals surface area contributed by atoms with Crippen LogP contribution in [0.15, 0.2) is 61.2 Å². The molecule has 5 heteroatoms. The number of rotatable bonds is 6. The molecule has 0 radical (unpaired) electrons. The molecular weight excluding hydrogens is 326 g/mol. The highest BCUT2D eigenvalue weighted by molar-refractivity contribution is 6.05.